The predicted molar refractivity (Wildman–Crippen MR) is 127 cm³/mol. The van der Waals surface area contributed by atoms with Crippen LogP contribution in [-0.2, 0) is 16.1 Å². The van der Waals surface area contributed by atoms with Crippen molar-refractivity contribution >= 4 is 17.4 Å². The van der Waals surface area contributed by atoms with Gasteiger partial charge in [0, 0.05) is 24.5 Å². The Kier molecular flexibility index (Phi) is 6.10. The number of amides is 1. The number of pyridine rings is 1. The zero-order valence-electron chi connectivity index (χ0n) is 19.1. The van der Waals surface area contributed by atoms with Gasteiger partial charge in [0.15, 0.2) is 11.5 Å². The maximum atomic E-state index is 13.3. The number of rotatable bonds is 6. The van der Waals surface area contributed by atoms with E-state index in [1.807, 2.05) is 19.1 Å². The fourth-order valence-electron chi connectivity index (χ4n) is 4.37. The number of nitrogens with zero attached hydrogens (tertiary/aromatic N) is 2. The molecule has 5 rings (SSSR count). The molecule has 2 aliphatic rings. The van der Waals surface area contributed by atoms with Crippen molar-refractivity contribution < 1.29 is 28.9 Å². The van der Waals surface area contributed by atoms with Crippen LogP contribution in [-0.4, -0.2) is 46.5 Å². The number of aliphatic hydroxyl groups excluding tert-OH is 1. The zero-order chi connectivity index (χ0) is 24.4. The maximum absolute atomic E-state index is 13.3. The minimum absolute atomic E-state index is 0.00390. The van der Waals surface area contributed by atoms with Crippen LogP contribution in [0.15, 0.2) is 72.6 Å². The highest BCUT2D eigenvalue weighted by atomic mass is 16.6. The monoisotopic (exact) mass is 472 g/mol. The topological polar surface area (TPSA) is 98.2 Å². The molecule has 2 aliphatic heterocycles. The van der Waals surface area contributed by atoms with Gasteiger partial charge in [0.1, 0.15) is 24.7 Å². The Hall–Kier alpha value is -4.33. The van der Waals surface area contributed by atoms with Crippen LogP contribution in [0, 0.1) is 0 Å². The Morgan fingerprint density at radius 2 is 1.91 bits per heavy atom. The molecule has 1 aromatic heterocycles. The van der Waals surface area contributed by atoms with Gasteiger partial charge in [-0.3, -0.25) is 14.6 Å². The molecular formula is C27H24N2O6. The number of benzene rings is 2. The minimum Gasteiger partial charge on any atom is -0.507 e. The van der Waals surface area contributed by atoms with Crippen molar-refractivity contribution in [3.63, 3.8) is 0 Å². The molecule has 3 heterocycles. The highest BCUT2D eigenvalue weighted by molar-refractivity contribution is 6.46. The summed E-state index contributed by atoms with van der Waals surface area (Å²) in [6, 6.07) is 14.9. The Morgan fingerprint density at radius 1 is 1.09 bits per heavy atom. The second kappa shape index (κ2) is 9.50. The van der Waals surface area contributed by atoms with E-state index < -0.39 is 17.7 Å². The van der Waals surface area contributed by atoms with Crippen LogP contribution in [0.4, 0.5) is 0 Å². The summed E-state index contributed by atoms with van der Waals surface area (Å²) in [6.07, 6.45) is 3.29. The van der Waals surface area contributed by atoms with Crippen LogP contribution >= 0.6 is 0 Å². The van der Waals surface area contributed by atoms with Gasteiger partial charge in [0.2, 0.25) is 0 Å². The number of ether oxygens (including phenoxy) is 3. The quantitative estimate of drug-likeness (QED) is 0.330. The molecule has 2 aromatic carbocycles. The Bertz CT molecular complexity index is 1300. The van der Waals surface area contributed by atoms with Gasteiger partial charge in [-0.15, -0.1) is 0 Å². The van der Waals surface area contributed by atoms with Crippen LogP contribution in [0.25, 0.3) is 5.76 Å². The number of carbonyl (C=O) groups is 2. The Balaban J connectivity index is 1.63. The normalized spacial score (nSPS) is 18.5. The first-order valence-electron chi connectivity index (χ1n) is 11.4. The Labute approximate surface area is 202 Å². The molecule has 0 bridgehead atoms. The van der Waals surface area contributed by atoms with E-state index in [2.05, 4.69) is 4.98 Å². The second-order valence-electron chi connectivity index (χ2n) is 8.15. The molecule has 1 atom stereocenters. The van der Waals surface area contributed by atoms with Crippen molar-refractivity contribution in [2.45, 2.75) is 19.5 Å². The summed E-state index contributed by atoms with van der Waals surface area (Å²) in [7, 11) is 0. The number of likely N-dealkylation sites (tertiary alicyclic amines) is 1. The van der Waals surface area contributed by atoms with Crippen molar-refractivity contribution in [1.82, 2.24) is 9.88 Å². The van der Waals surface area contributed by atoms with E-state index >= 15 is 0 Å². The highest BCUT2D eigenvalue weighted by Gasteiger charge is 2.46. The first-order chi connectivity index (χ1) is 17.1. The molecule has 3 aromatic rings. The third kappa shape index (κ3) is 4.30. The molecule has 0 radical (unpaired) electrons. The third-order valence-corrected chi connectivity index (χ3v) is 5.92. The summed E-state index contributed by atoms with van der Waals surface area (Å²) < 4.78 is 16.8. The van der Waals surface area contributed by atoms with E-state index in [0.717, 1.165) is 5.56 Å². The summed E-state index contributed by atoms with van der Waals surface area (Å²) in [5.41, 5.74) is 1.78. The summed E-state index contributed by atoms with van der Waals surface area (Å²) in [5, 5.41) is 11.3. The lowest BCUT2D eigenvalue weighted by molar-refractivity contribution is -0.140. The van der Waals surface area contributed by atoms with E-state index in [0.29, 0.717) is 48.2 Å². The summed E-state index contributed by atoms with van der Waals surface area (Å²) >= 11 is 0. The molecular weight excluding hydrogens is 448 g/mol. The van der Waals surface area contributed by atoms with Crippen LogP contribution in [0.5, 0.6) is 17.2 Å². The fraction of sp³-hybridized carbons (Fsp3) is 0.222. The average Bonchev–Trinajstić information content (AvgIpc) is 3.14. The average molecular weight is 472 g/mol. The number of carbonyl (C=O) groups excluding carboxylic acids is 2. The maximum Gasteiger partial charge on any atom is 0.295 e. The molecule has 1 saturated heterocycles. The molecule has 1 amide bonds. The number of fused-ring (bicyclic) bond motifs is 1. The van der Waals surface area contributed by atoms with E-state index in [1.165, 1.54) is 4.90 Å². The summed E-state index contributed by atoms with van der Waals surface area (Å²) in [6.45, 7) is 3.32. The molecule has 1 N–H and O–H groups in total. The first-order valence-corrected chi connectivity index (χ1v) is 11.4. The summed E-state index contributed by atoms with van der Waals surface area (Å²) in [5.74, 6) is -0.0875. The SMILES string of the molecule is CCOc1cccc([C@@H]2/C(=C(\O)c3ccc4c(c3)OCCO4)C(=O)C(=O)N2Cc2cccnc2)c1. The molecule has 8 heteroatoms. The lowest BCUT2D eigenvalue weighted by atomic mass is 9.95. The van der Waals surface area contributed by atoms with Crippen LogP contribution in [0.2, 0.25) is 0 Å². The third-order valence-electron chi connectivity index (χ3n) is 5.92. The molecule has 0 spiro atoms. The van der Waals surface area contributed by atoms with Gasteiger partial charge in [-0.1, -0.05) is 18.2 Å². The fourth-order valence-corrected chi connectivity index (χ4v) is 4.37. The van der Waals surface area contributed by atoms with Crippen molar-refractivity contribution in [1.29, 1.82) is 0 Å². The molecule has 0 unspecified atom stereocenters. The highest BCUT2D eigenvalue weighted by Crippen LogP contribution is 2.42. The number of aromatic nitrogens is 1. The lowest BCUT2D eigenvalue weighted by Gasteiger charge is -2.26. The smallest absolute Gasteiger partial charge is 0.295 e. The number of hydrogen-bond acceptors (Lipinski definition) is 7. The largest absolute Gasteiger partial charge is 0.507 e. The van der Waals surface area contributed by atoms with Gasteiger partial charge in [0.05, 0.1) is 18.2 Å². The van der Waals surface area contributed by atoms with Gasteiger partial charge in [0.25, 0.3) is 11.7 Å². The predicted octanol–water partition coefficient (Wildman–Crippen LogP) is 3.87. The van der Waals surface area contributed by atoms with Crippen molar-refractivity contribution in [3.05, 3.63) is 89.3 Å². The molecule has 0 saturated carbocycles. The molecule has 178 valence electrons. The number of aliphatic hydroxyl groups is 1. The first kappa shape index (κ1) is 22.5. The van der Waals surface area contributed by atoms with Gasteiger partial charge >= 0.3 is 0 Å². The van der Waals surface area contributed by atoms with Gasteiger partial charge in [-0.05, 0) is 54.4 Å². The van der Waals surface area contributed by atoms with Gasteiger partial charge < -0.3 is 24.2 Å². The van der Waals surface area contributed by atoms with E-state index in [9.17, 15) is 14.7 Å². The van der Waals surface area contributed by atoms with Crippen molar-refractivity contribution in [3.8, 4) is 17.2 Å². The molecule has 8 nitrogen and oxygen atoms in total. The van der Waals surface area contributed by atoms with Crippen LogP contribution in [0.1, 0.15) is 29.7 Å². The summed E-state index contributed by atoms with van der Waals surface area (Å²) in [4.78, 5) is 32.1. The van der Waals surface area contributed by atoms with E-state index in [1.54, 1.807) is 54.9 Å². The van der Waals surface area contributed by atoms with E-state index in [-0.39, 0.29) is 17.9 Å². The molecule has 0 aliphatic carbocycles. The Morgan fingerprint density at radius 3 is 2.69 bits per heavy atom. The molecule has 35 heavy (non-hydrogen) atoms. The number of hydrogen-bond donors (Lipinski definition) is 1. The second-order valence-corrected chi connectivity index (χ2v) is 8.15. The standard InChI is InChI=1S/C27H24N2O6/c1-2-33-20-7-3-6-18(13-20)24-23(25(30)19-8-9-21-22(14-19)35-12-11-34-21)26(31)27(32)29(24)16-17-5-4-10-28-15-17/h3-10,13-15,24,30H,2,11-12,16H2,1H3/b25-23+/t24-/m1/s1. The van der Waals surface area contributed by atoms with Gasteiger partial charge in [-0.2, -0.15) is 0 Å². The van der Waals surface area contributed by atoms with Crippen molar-refractivity contribution in [2.75, 3.05) is 19.8 Å². The minimum atomic E-state index is -0.816. The number of Topliss-reactive ketones (excluding diaryl/α,β-unsaturated/α-hetero) is 1. The van der Waals surface area contributed by atoms with Crippen LogP contribution < -0.4 is 14.2 Å². The number of ketones is 1. The zero-order valence-corrected chi connectivity index (χ0v) is 19.1. The van der Waals surface area contributed by atoms with Crippen LogP contribution in [0.3, 0.4) is 0 Å². The van der Waals surface area contributed by atoms with Gasteiger partial charge in [-0.25, -0.2) is 0 Å². The molecule has 1 fully saturated rings. The lowest BCUT2D eigenvalue weighted by Crippen LogP contribution is -2.29. The van der Waals surface area contributed by atoms with Crippen molar-refractivity contribution in [2.24, 2.45) is 0 Å². The van der Waals surface area contributed by atoms with E-state index in [4.69, 9.17) is 14.2 Å².